The molecule has 1 unspecified atom stereocenters. The van der Waals surface area contributed by atoms with Crippen LogP contribution in [0.1, 0.15) is 13.3 Å². The highest BCUT2D eigenvalue weighted by molar-refractivity contribution is 7.91. The molecule has 0 aliphatic carbocycles. The average Bonchev–Trinajstić information content (AvgIpc) is 2.76. The van der Waals surface area contributed by atoms with E-state index < -0.39 is 15.9 Å². The van der Waals surface area contributed by atoms with Gasteiger partial charge >= 0.3 is 0 Å². The Balaban J connectivity index is 1.66. The van der Waals surface area contributed by atoms with Crippen LogP contribution in [0, 0.1) is 0 Å². The van der Waals surface area contributed by atoms with Gasteiger partial charge in [0.2, 0.25) is 5.91 Å². The molecule has 2 aliphatic heterocycles. The number of hydroxylamine groups is 2. The zero-order valence-electron chi connectivity index (χ0n) is 13.9. The molecule has 0 saturated carbocycles. The fraction of sp³-hybridized carbons (Fsp3) is 0.500. The number of ether oxygens (including phenoxy) is 1. The summed E-state index contributed by atoms with van der Waals surface area (Å²) in [5.41, 5.74) is 0.623. The number of carbonyl (C=O) groups is 2. The summed E-state index contributed by atoms with van der Waals surface area (Å²) in [6, 6.07) is 7.15. The summed E-state index contributed by atoms with van der Waals surface area (Å²) >= 11 is 0. The highest BCUT2D eigenvalue weighted by atomic mass is 32.2. The molecule has 9 heteroatoms. The van der Waals surface area contributed by atoms with E-state index in [2.05, 4.69) is 0 Å². The molecule has 3 rings (SSSR count). The zero-order chi connectivity index (χ0) is 18.0. The third kappa shape index (κ3) is 3.93. The van der Waals surface area contributed by atoms with Crippen molar-refractivity contribution in [1.29, 1.82) is 0 Å². The molecule has 1 fully saturated rings. The largest absolute Gasteiger partial charge is 0.479 e. The van der Waals surface area contributed by atoms with Crippen LogP contribution in [-0.2, 0) is 24.3 Å². The number of para-hydroxylation sites is 2. The molecule has 2 amide bonds. The standard InChI is InChI=1S/C16H20N2O6S/c1-12-16(20)17(13-4-2-3-5-14(13)24-12)7-6-15(19)18-8-10-25(21,22)11-9-23-18/h2-5,12H,6-11H2,1H3. The molecular formula is C16H20N2O6S. The maximum Gasteiger partial charge on any atom is 0.267 e. The molecule has 1 saturated heterocycles. The van der Waals surface area contributed by atoms with Crippen LogP contribution in [0.5, 0.6) is 5.75 Å². The molecule has 0 radical (unpaired) electrons. The van der Waals surface area contributed by atoms with Crippen molar-refractivity contribution >= 4 is 27.3 Å². The van der Waals surface area contributed by atoms with Crippen LogP contribution in [0.2, 0.25) is 0 Å². The Kier molecular flexibility index (Phi) is 4.96. The Bertz CT molecular complexity index is 779. The van der Waals surface area contributed by atoms with Gasteiger partial charge in [-0.25, -0.2) is 13.5 Å². The number of benzene rings is 1. The van der Waals surface area contributed by atoms with Crippen LogP contribution in [0.3, 0.4) is 0 Å². The van der Waals surface area contributed by atoms with E-state index in [-0.39, 0.29) is 49.4 Å². The summed E-state index contributed by atoms with van der Waals surface area (Å²) in [4.78, 5) is 31.5. The lowest BCUT2D eigenvalue weighted by molar-refractivity contribution is -0.181. The van der Waals surface area contributed by atoms with Crippen molar-refractivity contribution in [3.8, 4) is 5.75 Å². The lowest BCUT2D eigenvalue weighted by Crippen LogP contribution is -2.46. The predicted molar refractivity (Wildman–Crippen MR) is 89.8 cm³/mol. The van der Waals surface area contributed by atoms with E-state index in [0.29, 0.717) is 11.4 Å². The quantitative estimate of drug-likeness (QED) is 0.766. The Hall–Kier alpha value is -2.13. The molecule has 0 bridgehead atoms. The van der Waals surface area contributed by atoms with Crippen LogP contribution in [0.25, 0.3) is 0 Å². The van der Waals surface area contributed by atoms with Gasteiger partial charge in [0.25, 0.3) is 5.91 Å². The smallest absolute Gasteiger partial charge is 0.267 e. The van der Waals surface area contributed by atoms with E-state index >= 15 is 0 Å². The van der Waals surface area contributed by atoms with Crippen molar-refractivity contribution in [3.63, 3.8) is 0 Å². The average molecular weight is 368 g/mol. The number of nitrogens with zero attached hydrogens (tertiary/aromatic N) is 2. The molecule has 0 spiro atoms. The van der Waals surface area contributed by atoms with Gasteiger partial charge < -0.3 is 9.64 Å². The Labute approximate surface area is 146 Å². The van der Waals surface area contributed by atoms with Crippen molar-refractivity contribution in [2.24, 2.45) is 0 Å². The number of amides is 2. The number of carbonyl (C=O) groups excluding carboxylic acids is 2. The van der Waals surface area contributed by atoms with Crippen LogP contribution in [0.4, 0.5) is 5.69 Å². The first-order chi connectivity index (χ1) is 11.9. The highest BCUT2D eigenvalue weighted by Gasteiger charge is 2.32. The first-order valence-electron chi connectivity index (χ1n) is 8.08. The van der Waals surface area contributed by atoms with Gasteiger partial charge in [-0.1, -0.05) is 12.1 Å². The van der Waals surface area contributed by atoms with Crippen molar-refractivity contribution in [2.45, 2.75) is 19.4 Å². The SMILES string of the molecule is CC1Oc2ccccc2N(CCC(=O)N2CCS(=O)(=O)CCO2)C1=O. The molecule has 2 aliphatic rings. The first kappa shape index (κ1) is 17.7. The predicted octanol–water partition coefficient (Wildman–Crippen LogP) is 0.379. The molecule has 1 aromatic rings. The van der Waals surface area contributed by atoms with E-state index in [0.717, 1.165) is 5.06 Å². The lowest BCUT2D eigenvalue weighted by Gasteiger charge is -2.33. The highest BCUT2D eigenvalue weighted by Crippen LogP contribution is 2.33. The topological polar surface area (TPSA) is 93.2 Å². The van der Waals surface area contributed by atoms with Crippen molar-refractivity contribution in [3.05, 3.63) is 24.3 Å². The Morgan fingerprint density at radius 2 is 2.04 bits per heavy atom. The number of hydrogen-bond donors (Lipinski definition) is 0. The fourth-order valence-corrected chi connectivity index (χ4v) is 3.76. The summed E-state index contributed by atoms with van der Waals surface area (Å²) in [6.07, 6.45) is -0.586. The minimum Gasteiger partial charge on any atom is -0.479 e. The van der Waals surface area contributed by atoms with Crippen molar-refractivity contribution < 1.29 is 27.6 Å². The second kappa shape index (κ2) is 7.01. The monoisotopic (exact) mass is 368 g/mol. The second-order valence-electron chi connectivity index (χ2n) is 5.95. The molecule has 136 valence electrons. The van der Waals surface area contributed by atoms with Gasteiger partial charge in [0.15, 0.2) is 15.9 Å². The Morgan fingerprint density at radius 1 is 1.28 bits per heavy atom. The number of rotatable bonds is 3. The number of fused-ring (bicyclic) bond motifs is 1. The van der Waals surface area contributed by atoms with Gasteiger partial charge in [0, 0.05) is 13.0 Å². The van der Waals surface area contributed by atoms with Gasteiger partial charge in [0.05, 0.1) is 30.3 Å². The van der Waals surface area contributed by atoms with Crippen molar-refractivity contribution in [1.82, 2.24) is 5.06 Å². The molecular weight excluding hydrogens is 348 g/mol. The van der Waals surface area contributed by atoms with E-state index in [4.69, 9.17) is 9.57 Å². The van der Waals surface area contributed by atoms with Crippen LogP contribution in [-0.4, -0.2) is 62.6 Å². The van der Waals surface area contributed by atoms with Crippen LogP contribution in [0.15, 0.2) is 24.3 Å². The van der Waals surface area contributed by atoms with Crippen LogP contribution < -0.4 is 9.64 Å². The lowest BCUT2D eigenvalue weighted by atomic mass is 10.1. The van der Waals surface area contributed by atoms with E-state index in [9.17, 15) is 18.0 Å². The molecule has 25 heavy (non-hydrogen) atoms. The second-order valence-corrected chi connectivity index (χ2v) is 8.25. The summed E-state index contributed by atoms with van der Waals surface area (Å²) in [5.74, 6) is -0.176. The van der Waals surface area contributed by atoms with Gasteiger partial charge in [0.1, 0.15) is 5.75 Å². The van der Waals surface area contributed by atoms with Gasteiger partial charge in [-0.3, -0.25) is 14.4 Å². The third-order valence-corrected chi connectivity index (χ3v) is 5.74. The third-order valence-electron chi connectivity index (χ3n) is 4.15. The number of hydrogen-bond acceptors (Lipinski definition) is 6. The van der Waals surface area contributed by atoms with Gasteiger partial charge in [-0.2, -0.15) is 0 Å². The molecule has 0 aromatic heterocycles. The Morgan fingerprint density at radius 3 is 2.84 bits per heavy atom. The normalized spacial score (nSPS) is 22.8. The van der Waals surface area contributed by atoms with E-state index in [1.54, 1.807) is 25.1 Å². The minimum atomic E-state index is -3.18. The van der Waals surface area contributed by atoms with Gasteiger partial charge in [-0.15, -0.1) is 0 Å². The fourth-order valence-electron chi connectivity index (χ4n) is 2.78. The maximum absolute atomic E-state index is 12.4. The van der Waals surface area contributed by atoms with Crippen molar-refractivity contribution in [2.75, 3.05) is 36.1 Å². The summed E-state index contributed by atoms with van der Waals surface area (Å²) < 4.78 is 28.7. The molecule has 0 N–H and O–H groups in total. The summed E-state index contributed by atoms with van der Waals surface area (Å²) in [6.45, 7) is 1.81. The van der Waals surface area contributed by atoms with E-state index in [1.165, 1.54) is 4.90 Å². The van der Waals surface area contributed by atoms with E-state index in [1.807, 2.05) is 6.07 Å². The number of anilines is 1. The first-order valence-corrected chi connectivity index (χ1v) is 9.90. The minimum absolute atomic E-state index is 0.00517. The molecule has 8 nitrogen and oxygen atoms in total. The molecule has 1 atom stereocenters. The summed E-state index contributed by atoms with van der Waals surface area (Å²) in [5, 5.41) is 1.09. The van der Waals surface area contributed by atoms with Crippen LogP contribution >= 0.6 is 0 Å². The molecule has 1 aromatic carbocycles. The molecule has 2 heterocycles. The zero-order valence-corrected chi connectivity index (χ0v) is 14.7. The maximum atomic E-state index is 12.4. The summed E-state index contributed by atoms with van der Waals surface area (Å²) in [7, 11) is -3.18. The number of sulfone groups is 1. The van der Waals surface area contributed by atoms with Gasteiger partial charge in [-0.05, 0) is 19.1 Å².